The summed E-state index contributed by atoms with van der Waals surface area (Å²) in [6, 6.07) is 11.5. The number of fused-ring (bicyclic) bond motifs is 7. The van der Waals surface area contributed by atoms with Gasteiger partial charge in [0.05, 0.1) is 23.4 Å². The van der Waals surface area contributed by atoms with E-state index in [1.807, 2.05) is 0 Å². The van der Waals surface area contributed by atoms with Gasteiger partial charge in [0.15, 0.2) is 0 Å². The molecule has 2 aromatic rings. The predicted molar refractivity (Wildman–Crippen MR) is 131 cm³/mol. The lowest BCUT2D eigenvalue weighted by atomic mass is 9.87. The van der Waals surface area contributed by atoms with Crippen LogP contribution in [-0.2, 0) is 15.4 Å². The number of rotatable bonds is 2. The fraction of sp³-hybridized carbons (Fsp3) is 0.448. The van der Waals surface area contributed by atoms with Crippen molar-refractivity contribution in [3.05, 3.63) is 81.1 Å². The van der Waals surface area contributed by atoms with Crippen molar-refractivity contribution in [3.8, 4) is 0 Å². The van der Waals surface area contributed by atoms with Crippen LogP contribution >= 0.6 is 0 Å². The lowest BCUT2D eigenvalue weighted by molar-refractivity contribution is -0.252. The van der Waals surface area contributed by atoms with Crippen LogP contribution in [0.5, 0.6) is 0 Å². The maximum atomic E-state index is 6.85. The van der Waals surface area contributed by atoms with Gasteiger partial charge < -0.3 is 9.47 Å². The van der Waals surface area contributed by atoms with Crippen molar-refractivity contribution in [1.82, 2.24) is 0 Å². The molecule has 0 aromatic heterocycles. The fourth-order valence-electron chi connectivity index (χ4n) is 5.74. The first-order valence-electron chi connectivity index (χ1n) is 11.9. The van der Waals surface area contributed by atoms with E-state index in [0.717, 1.165) is 17.8 Å². The zero-order chi connectivity index (χ0) is 22.9. The predicted octanol–water partition coefficient (Wildman–Crippen LogP) is 7.46. The van der Waals surface area contributed by atoms with Gasteiger partial charge in [0.1, 0.15) is 5.76 Å². The number of hydrogen-bond acceptors (Lipinski definition) is 3. The van der Waals surface area contributed by atoms with Gasteiger partial charge in [0.2, 0.25) is 0 Å². The number of benzene rings is 2. The summed E-state index contributed by atoms with van der Waals surface area (Å²) < 4.78 is 13.6. The summed E-state index contributed by atoms with van der Waals surface area (Å²) >= 11 is 0. The number of aryl methyl sites for hydroxylation is 3. The summed E-state index contributed by atoms with van der Waals surface area (Å²) in [5.41, 5.74) is 11.3. The van der Waals surface area contributed by atoms with Gasteiger partial charge in [-0.15, -0.1) is 0 Å². The normalized spacial score (nSPS) is 26.2. The maximum absolute atomic E-state index is 6.85. The van der Waals surface area contributed by atoms with Crippen molar-refractivity contribution in [2.45, 2.75) is 79.9 Å². The SMILES string of the molecule is CC1=C(C)C(C)O[C@]2(O1)c1c(C)cc(C)cc1C1C=C(CC(C)C)c3cc(C)ccc3N12. The average molecular weight is 430 g/mol. The molecule has 2 aromatic carbocycles. The van der Waals surface area contributed by atoms with E-state index in [4.69, 9.17) is 9.47 Å². The largest absolute Gasteiger partial charge is 0.445 e. The standard InChI is InChI=1S/C29H35NO2/c1-16(2)11-23-15-27-25-14-18(4)12-19(5)28(25)29(31-21(7)20(6)22(8)32-29)30(27)26-10-9-17(3)13-24(23)26/h9-10,12-16,21,27H,11H2,1-8H3/t21?,27?,29-/m0/s1. The van der Waals surface area contributed by atoms with Gasteiger partial charge in [-0.1, -0.05) is 49.2 Å². The van der Waals surface area contributed by atoms with Gasteiger partial charge in [0.25, 0.3) is 0 Å². The Balaban J connectivity index is 1.82. The molecule has 0 fully saturated rings. The molecule has 3 heteroatoms. The second-order valence-electron chi connectivity index (χ2n) is 10.4. The van der Waals surface area contributed by atoms with E-state index in [1.54, 1.807) is 0 Å². The lowest BCUT2D eigenvalue weighted by Crippen LogP contribution is -2.52. The Kier molecular flexibility index (Phi) is 4.83. The van der Waals surface area contributed by atoms with Crippen molar-refractivity contribution in [3.63, 3.8) is 0 Å². The Hall–Kier alpha value is -2.52. The minimum absolute atomic E-state index is 0.0222. The summed E-state index contributed by atoms with van der Waals surface area (Å²) in [7, 11) is 0. The van der Waals surface area contributed by atoms with E-state index in [2.05, 4.69) is 96.7 Å². The summed E-state index contributed by atoms with van der Waals surface area (Å²) in [6.07, 6.45) is 3.50. The molecule has 3 nitrogen and oxygen atoms in total. The van der Waals surface area contributed by atoms with E-state index < -0.39 is 5.91 Å². The molecule has 0 aliphatic carbocycles. The van der Waals surface area contributed by atoms with Crippen molar-refractivity contribution < 1.29 is 9.47 Å². The molecule has 168 valence electrons. The van der Waals surface area contributed by atoms with Crippen LogP contribution in [-0.4, -0.2) is 6.10 Å². The van der Waals surface area contributed by atoms with E-state index in [9.17, 15) is 0 Å². The summed E-state index contributed by atoms with van der Waals surface area (Å²) in [5, 5.41) is 0. The Labute approximate surface area is 192 Å². The number of ether oxygens (including phenoxy) is 2. The molecule has 3 heterocycles. The van der Waals surface area contributed by atoms with Crippen LogP contribution in [0.3, 0.4) is 0 Å². The minimum Gasteiger partial charge on any atom is -0.445 e. The third-order valence-electron chi connectivity index (χ3n) is 7.28. The highest BCUT2D eigenvalue weighted by Crippen LogP contribution is 2.59. The molecule has 2 unspecified atom stereocenters. The van der Waals surface area contributed by atoms with Gasteiger partial charge in [-0.3, -0.25) is 4.90 Å². The molecular formula is C29H35NO2. The van der Waals surface area contributed by atoms with E-state index >= 15 is 0 Å². The zero-order valence-corrected chi connectivity index (χ0v) is 20.7. The highest BCUT2D eigenvalue weighted by atomic mass is 16.7. The second kappa shape index (κ2) is 7.25. The Morgan fingerprint density at radius 3 is 2.44 bits per heavy atom. The van der Waals surface area contributed by atoms with Crippen LogP contribution in [0.2, 0.25) is 0 Å². The zero-order valence-electron chi connectivity index (χ0n) is 20.7. The van der Waals surface area contributed by atoms with Crippen LogP contribution in [0, 0.1) is 26.7 Å². The first kappa shape index (κ1) is 21.3. The van der Waals surface area contributed by atoms with Crippen LogP contribution in [0.4, 0.5) is 5.69 Å². The van der Waals surface area contributed by atoms with Crippen molar-refractivity contribution in [1.29, 1.82) is 0 Å². The molecule has 0 saturated carbocycles. The van der Waals surface area contributed by atoms with Crippen LogP contribution < -0.4 is 4.90 Å². The maximum Gasteiger partial charge on any atom is 0.325 e. The highest BCUT2D eigenvalue weighted by molar-refractivity contribution is 5.84. The van der Waals surface area contributed by atoms with Crippen LogP contribution in [0.25, 0.3) is 5.57 Å². The van der Waals surface area contributed by atoms with Gasteiger partial charge in [-0.25, -0.2) is 0 Å². The van der Waals surface area contributed by atoms with Gasteiger partial charge in [-0.2, -0.15) is 0 Å². The summed E-state index contributed by atoms with van der Waals surface area (Å²) in [5.74, 6) is 0.594. The molecule has 0 bridgehead atoms. The van der Waals surface area contributed by atoms with Gasteiger partial charge in [-0.05, 0) is 88.3 Å². The van der Waals surface area contributed by atoms with Crippen molar-refractivity contribution in [2.24, 2.45) is 5.92 Å². The average Bonchev–Trinajstić information content (AvgIpc) is 2.95. The molecule has 32 heavy (non-hydrogen) atoms. The Bertz CT molecular complexity index is 1170. The highest BCUT2D eigenvalue weighted by Gasteiger charge is 2.58. The molecule has 0 saturated heterocycles. The molecule has 1 spiro atoms. The molecule has 3 atom stereocenters. The number of anilines is 1. The minimum atomic E-state index is -0.954. The fourth-order valence-corrected chi connectivity index (χ4v) is 5.74. The van der Waals surface area contributed by atoms with Crippen LogP contribution in [0.15, 0.2) is 47.7 Å². The second-order valence-corrected chi connectivity index (χ2v) is 10.4. The molecule has 0 N–H and O–H groups in total. The molecule has 0 amide bonds. The third-order valence-corrected chi connectivity index (χ3v) is 7.28. The van der Waals surface area contributed by atoms with E-state index in [0.29, 0.717) is 5.92 Å². The first-order valence-corrected chi connectivity index (χ1v) is 11.9. The Morgan fingerprint density at radius 1 is 1.00 bits per heavy atom. The van der Waals surface area contributed by atoms with Crippen molar-refractivity contribution in [2.75, 3.05) is 4.90 Å². The monoisotopic (exact) mass is 429 g/mol. The molecule has 0 radical (unpaired) electrons. The van der Waals surface area contributed by atoms with Crippen LogP contribution in [0.1, 0.15) is 80.5 Å². The van der Waals surface area contributed by atoms with Gasteiger partial charge in [0, 0.05) is 5.56 Å². The lowest BCUT2D eigenvalue weighted by Gasteiger charge is -2.48. The van der Waals surface area contributed by atoms with Crippen molar-refractivity contribution >= 4 is 11.3 Å². The molecular weight excluding hydrogens is 394 g/mol. The Morgan fingerprint density at radius 2 is 1.75 bits per heavy atom. The number of allylic oxidation sites excluding steroid dienone is 2. The third kappa shape index (κ3) is 2.97. The van der Waals surface area contributed by atoms with E-state index in [1.165, 1.54) is 44.6 Å². The molecule has 5 rings (SSSR count). The smallest absolute Gasteiger partial charge is 0.325 e. The quantitative estimate of drug-likeness (QED) is 0.495. The number of hydrogen-bond donors (Lipinski definition) is 0. The first-order chi connectivity index (χ1) is 15.1. The van der Waals surface area contributed by atoms with E-state index in [-0.39, 0.29) is 12.1 Å². The van der Waals surface area contributed by atoms with Gasteiger partial charge >= 0.3 is 5.91 Å². The molecule has 3 aliphatic heterocycles. The number of nitrogens with zero attached hydrogens (tertiary/aromatic N) is 1. The topological polar surface area (TPSA) is 21.7 Å². The summed E-state index contributed by atoms with van der Waals surface area (Å²) in [4.78, 5) is 2.40. The molecule has 3 aliphatic rings. The summed E-state index contributed by atoms with van der Waals surface area (Å²) in [6.45, 7) is 17.5.